The Hall–Kier alpha value is -3.57. The zero-order valence-electron chi connectivity index (χ0n) is 23.7. The Morgan fingerprint density at radius 2 is 2.00 bits per heavy atom. The number of halogens is 2. The van der Waals surface area contributed by atoms with Crippen LogP contribution in [0.15, 0.2) is 24.3 Å². The van der Waals surface area contributed by atoms with E-state index in [2.05, 4.69) is 9.88 Å². The van der Waals surface area contributed by atoms with Crippen LogP contribution in [0.2, 0.25) is 0 Å². The molecule has 0 radical (unpaired) electrons. The van der Waals surface area contributed by atoms with Gasteiger partial charge in [0.15, 0.2) is 0 Å². The minimum atomic E-state index is -0.884. The molecule has 42 heavy (non-hydrogen) atoms. The number of aromatic hydroxyl groups is 1. The summed E-state index contributed by atoms with van der Waals surface area (Å²) in [4.78, 5) is 29.3. The van der Waals surface area contributed by atoms with Gasteiger partial charge in [0.05, 0.1) is 29.6 Å². The number of ether oxygens (including phenoxy) is 1. The van der Waals surface area contributed by atoms with Gasteiger partial charge < -0.3 is 24.7 Å². The van der Waals surface area contributed by atoms with Crippen LogP contribution < -0.4 is 14.5 Å². The fourth-order valence-corrected chi connectivity index (χ4v) is 7.38. The van der Waals surface area contributed by atoms with Gasteiger partial charge in [-0.3, -0.25) is 9.69 Å². The Bertz CT molecular complexity index is 1570. The van der Waals surface area contributed by atoms with E-state index in [9.17, 15) is 23.8 Å². The minimum Gasteiger partial charge on any atom is -0.508 e. The van der Waals surface area contributed by atoms with Gasteiger partial charge in [-0.25, -0.2) is 8.78 Å². The molecule has 0 bridgehead atoms. The van der Waals surface area contributed by atoms with Gasteiger partial charge in [-0.05, 0) is 68.7 Å². The van der Waals surface area contributed by atoms with Crippen LogP contribution in [0.5, 0.6) is 11.8 Å². The highest BCUT2D eigenvalue weighted by Crippen LogP contribution is 2.42. The van der Waals surface area contributed by atoms with E-state index >= 15 is 0 Å². The number of carbonyl (C=O) groups is 1. The number of aromatic nitrogens is 2. The summed E-state index contributed by atoms with van der Waals surface area (Å²) in [5, 5.41) is 22.0. The molecule has 7 rings (SSSR count). The largest absolute Gasteiger partial charge is 0.508 e. The molecular weight excluding hydrogens is 544 g/mol. The van der Waals surface area contributed by atoms with Gasteiger partial charge >= 0.3 is 6.01 Å². The van der Waals surface area contributed by atoms with Crippen molar-refractivity contribution in [1.82, 2.24) is 14.9 Å². The number of phenolic OH excluding ortho intramolecular Hbond substituents is 1. The molecule has 0 saturated carbocycles. The highest BCUT2D eigenvalue weighted by Gasteiger charge is 2.49. The lowest BCUT2D eigenvalue weighted by molar-refractivity contribution is 0.0996. The molecule has 1 amide bonds. The first-order valence-corrected chi connectivity index (χ1v) is 14.8. The number of hydrogen-bond acceptors (Lipinski definition) is 8. The monoisotopic (exact) mass is 579 g/mol. The molecule has 1 aromatic heterocycles. The summed E-state index contributed by atoms with van der Waals surface area (Å²) in [6.07, 6.45) is 2.89. The van der Waals surface area contributed by atoms with Gasteiger partial charge in [0.1, 0.15) is 35.7 Å². The minimum absolute atomic E-state index is 0.0350. The summed E-state index contributed by atoms with van der Waals surface area (Å²) >= 11 is 0. The molecule has 4 aliphatic rings. The number of aryl methyl sites for hydroxylation is 1. The van der Waals surface area contributed by atoms with Crippen molar-refractivity contribution in [2.45, 2.75) is 69.8 Å². The van der Waals surface area contributed by atoms with Crippen molar-refractivity contribution in [3.63, 3.8) is 0 Å². The Labute approximate surface area is 242 Å². The smallest absolute Gasteiger partial charge is 0.318 e. The Morgan fingerprint density at radius 1 is 1.14 bits per heavy atom. The Morgan fingerprint density at radius 3 is 2.86 bits per heavy atom. The quantitative estimate of drug-likeness (QED) is 0.463. The lowest BCUT2D eigenvalue weighted by Crippen LogP contribution is -2.43. The van der Waals surface area contributed by atoms with Crippen LogP contribution >= 0.6 is 0 Å². The second-order valence-electron chi connectivity index (χ2n) is 12.2. The van der Waals surface area contributed by atoms with Crippen molar-refractivity contribution in [3.05, 3.63) is 46.9 Å². The van der Waals surface area contributed by atoms with Crippen LogP contribution in [0.25, 0.3) is 10.8 Å². The second kappa shape index (κ2) is 10.3. The molecular formula is C31H35F2N5O4. The molecule has 0 aliphatic carbocycles. The maximum absolute atomic E-state index is 14.7. The number of anilines is 2. The lowest BCUT2D eigenvalue weighted by Gasteiger charge is -2.31. The number of benzene rings is 2. The first-order valence-electron chi connectivity index (χ1n) is 14.8. The van der Waals surface area contributed by atoms with E-state index in [1.165, 1.54) is 17.0 Å². The van der Waals surface area contributed by atoms with E-state index in [1.807, 2.05) is 4.90 Å². The average Bonchev–Trinajstić information content (AvgIpc) is 3.53. The summed E-state index contributed by atoms with van der Waals surface area (Å²) in [5.74, 6) is -0.337. The van der Waals surface area contributed by atoms with Gasteiger partial charge in [-0.15, -0.1) is 0 Å². The Kier molecular flexibility index (Phi) is 6.69. The molecule has 0 unspecified atom stereocenters. The number of rotatable bonds is 5. The molecule has 3 fully saturated rings. The summed E-state index contributed by atoms with van der Waals surface area (Å²) in [5.41, 5.74) is 1.22. The van der Waals surface area contributed by atoms with Crippen molar-refractivity contribution in [2.75, 3.05) is 42.6 Å². The summed E-state index contributed by atoms with van der Waals surface area (Å²) in [6.45, 7) is 4.38. The molecule has 222 valence electrons. The number of fused-ring (bicyclic) bond motifs is 3. The number of phenols is 1. The molecule has 2 aromatic carbocycles. The third kappa shape index (κ3) is 4.53. The van der Waals surface area contributed by atoms with E-state index in [0.717, 1.165) is 25.8 Å². The molecule has 3 aromatic rings. The third-order valence-electron chi connectivity index (χ3n) is 9.51. The molecule has 2 N–H and O–H groups in total. The fourth-order valence-electron chi connectivity index (χ4n) is 7.38. The molecule has 11 heteroatoms. The van der Waals surface area contributed by atoms with Gasteiger partial charge in [-0.2, -0.15) is 9.97 Å². The number of carbonyl (C=O) groups excluding carboxylic acids is 1. The Balaban J connectivity index is 1.28. The van der Waals surface area contributed by atoms with Gasteiger partial charge in [0.2, 0.25) is 0 Å². The third-order valence-corrected chi connectivity index (χ3v) is 9.51. The molecule has 5 heterocycles. The summed E-state index contributed by atoms with van der Waals surface area (Å²) < 4.78 is 35.3. The number of nitrogens with zero attached hydrogens (tertiary/aromatic N) is 5. The summed E-state index contributed by atoms with van der Waals surface area (Å²) in [7, 11) is 0. The molecule has 0 spiro atoms. The zero-order valence-corrected chi connectivity index (χ0v) is 23.7. The van der Waals surface area contributed by atoms with E-state index in [0.29, 0.717) is 78.0 Å². The SMILES string of the molecule is Cc1c(F)ccc2cc(O)cc(N3Cc4nc(OC[C@@]56CCCN5C[C@H](F)C6)nc(N5CCC[C@H](O)CC5)c4C3=O)c12. The van der Waals surface area contributed by atoms with Crippen molar-refractivity contribution < 1.29 is 28.5 Å². The maximum atomic E-state index is 14.7. The highest BCUT2D eigenvalue weighted by atomic mass is 19.1. The maximum Gasteiger partial charge on any atom is 0.318 e. The number of aliphatic hydroxyl groups excluding tert-OH is 1. The van der Waals surface area contributed by atoms with Crippen molar-refractivity contribution in [1.29, 1.82) is 0 Å². The number of hydrogen-bond donors (Lipinski definition) is 2. The topological polar surface area (TPSA) is 102 Å². The molecule has 3 saturated heterocycles. The van der Waals surface area contributed by atoms with Crippen molar-refractivity contribution in [2.24, 2.45) is 0 Å². The number of alkyl halides is 1. The van der Waals surface area contributed by atoms with Crippen LogP contribution in [0.1, 0.15) is 60.1 Å². The van der Waals surface area contributed by atoms with Gasteiger partial charge in [-0.1, -0.05) is 6.07 Å². The zero-order chi connectivity index (χ0) is 29.2. The molecule has 4 aliphatic heterocycles. The van der Waals surface area contributed by atoms with Crippen LogP contribution in [-0.4, -0.2) is 81.6 Å². The van der Waals surface area contributed by atoms with Crippen LogP contribution in [0.3, 0.4) is 0 Å². The van der Waals surface area contributed by atoms with E-state index in [1.54, 1.807) is 19.1 Å². The standard InChI is InChI=1S/C31H35F2N5O4/c1-18-23(33)6-5-19-12-22(40)13-25(26(18)19)38-16-24-27(29(38)41)28(36-9-2-4-21(39)7-11-36)35-30(34-24)42-17-31-8-3-10-37(31)15-20(32)14-31/h5-6,12-13,20-21,39-40H,2-4,7-11,14-17H2,1H3/t20-,21+,31+/m1/s1. The number of amides is 1. The first kappa shape index (κ1) is 27.3. The predicted molar refractivity (Wildman–Crippen MR) is 153 cm³/mol. The van der Waals surface area contributed by atoms with Gasteiger partial charge in [0, 0.05) is 37.5 Å². The van der Waals surface area contributed by atoms with E-state index in [-0.39, 0.29) is 36.4 Å². The average molecular weight is 580 g/mol. The van der Waals surface area contributed by atoms with Crippen molar-refractivity contribution in [3.8, 4) is 11.8 Å². The normalized spacial score (nSPS) is 26.1. The van der Waals surface area contributed by atoms with E-state index in [4.69, 9.17) is 9.72 Å². The van der Waals surface area contributed by atoms with E-state index < -0.39 is 18.1 Å². The van der Waals surface area contributed by atoms with Crippen LogP contribution in [-0.2, 0) is 6.54 Å². The first-order chi connectivity index (χ1) is 20.2. The van der Waals surface area contributed by atoms with Crippen LogP contribution in [0, 0.1) is 12.7 Å². The number of aliphatic hydroxyl groups is 1. The fraction of sp³-hybridized carbons (Fsp3) is 0.516. The van der Waals surface area contributed by atoms with Crippen molar-refractivity contribution >= 4 is 28.2 Å². The summed E-state index contributed by atoms with van der Waals surface area (Å²) in [6, 6.07) is 6.10. The van der Waals surface area contributed by atoms with Gasteiger partial charge in [0.25, 0.3) is 5.91 Å². The van der Waals surface area contributed by atoms with Crippen LogP contribution in [0.4, 0.5) is 20.3 Å². The lowest BCUT2D eigenvalue weighted by atomic mass is 9.95. The predicted octanol–water partition coefficient (Wildman–Crippen LogP) is 4.25. The molecule has 9 nitrogen and oxygen atoms in total. The second-order valence-corrected chi connectivity index (χ2v) is 12.2. The highest BCUT2D eigenvalue weighted by molar-refractivity contribution is 6.16. The molecule has 3 atom stereocenters.